The summed E-state index contributed by atoms with van der Waals surface area (Å²) in [7, 11) is 1.55. The van der Waals surface area contributed by atoms with E-state index >= 15 is 4.39 Å². The Morgan fingerprint density at radius 2 is 1.92 bits per heavy atom. The summed E-state index contributed by atoms with van der Waals surface area (Å²) in [6.45, 7) is 6.35. The van der Waals surface area contributed by atoms with Gasteiger partial charge in [-0.05, 0) is 36.8 Å². The van der Waals surface area contributed by atoms with E-state index in [9.17, 15) is 14.4 Å². The number of amides is 3. The van der Waals surface area contributed by atoms with E-state index in [1.807, 2.05) is 17.0 Å². The molecule has 9 nitrogen and oxygen atoms in total. The van der Waals surface area contributed by atoms with E-state index in [0.717, 1.165) is 18.7 Å². The average molecular weight is 498 g/mol. The maximum atomic E-state index is 15.0. The minimum absolute atomic E-state index is 0.126. The Morgan fingerprint density at radius 1 is 1.17 bits per heavy atom. The molecule has 2 fully saturated rings. The fraction of sp³-hybridized carbons (Fsp3) is 0.462. The second kappa shape index (κ2) is 10.9. The number of ether oxygens (including phenoxy) is 1. The van der Waals surface area contributed by atoms with E-state index < -0.39 is 18.1 Å². The molecule has 4 rings (SSSR count). The van der Waals surface area contributed by atoms with E-state index in [4.69, 9.17) is 4.74 Å². The molecule has 2 aliphatic heterocycles. The number of aromatic nitrogens is 1. The van der Waals surface area contributed by atoms with Crippen LogP contribution in [0.3, 0.4) is 0 Å². The van der Waals surface area contributed by atoms with E-state index in [-0.39, 0.29) is 18.4 Å². The molecule has 1 atom stereocenters. The van der Waals surface area contributed by atoms with Crippen LogP contribution in [0.4, 0.5) is 20.7 Å². The van der Waals surface area contributed by atoms with Crippen LogP contribution in [0.15, 0.2) is 36.5 Å². The van der Waals surface area contributed by atoms with Crippen LogP contribution in [0, 0.1) is 5.82 Å². The van der Waals surface area contributed by atoms with Crippen molar-refractivity contribution in [3.05, 3.63) is 42.3 Å². The molecule has 2 aromatic rings. The maximum absolute atomic E-state index is 15.0. The van der Waals surface area contributed by atoms with Crippen molar-refractivity contribution in [3.8, 4) is 11.1 Å². The van der Waals surface area contributed by atoms with Gasteiger partial charge in [0, 0.05) is 63.9 Å². The van der Waals surface area contributed by atoms with Crippen LogP contribution in [0.2, 0.25) is 0 Å². The Bertz CT molecular complexity index is 1120. The van der Waals surface area contributed by atoms with Crippen LogP contribution in [-0.2, 0) is 14.3 Å². The number of carbonyl (C=O) groups is 3. The van der Waals surface area contributed by atoms with Crippen molar-refractivity contribution < 1.29 is 23.5 Å². The number of anilines is 2. The Morgan fingerprint density at radius 3 is 2.53 bits per heavy atom. The van der Waals surface area contributed by atoms with Crippen molar-refractivity contribution in [2.24, 2.45) is 0 Å². The van der Waals surface area contributed by atoms with Gasteiger partial charge in [-0.1, -0.05) is 13.3 Å². The first-order chi connectivity index (χ1) is 17.3. The molecule has 0 spiro atoms. The van der Waals surface area contributed by atoms with Gasteiger partial charge in [0.15, 0.2) is 6.23 Å². The van der Waals surface area contributed by atoms with Crippen LogP contribution in [0.25, 0.3) is 11.1 Å². The second-order valence-electron chi connectivity index (χ2n) is 9.12. The van der Waals surface area contributed by atoms with Crippen molar-refractivity contribution in [1.29, 1.82) is 0 Å². The molecule has 192 valence electrons. The first-order valence-corrected chi connectivity index (χ1v) is 12.3. The number of nitrogens with zero attached hydrogens (tertiary/aromatic N) is 5. The first kappa shape index (κ1) is 25.4. The highest BCUT2D eigenvalue weighted by molar-refractivity contribution is 5.90. The van der Waals surface area contributed by atoms with Gasteiger partial charge in [0.2, 0.25) is 11.8 Å². The molecule has 0 bridgehead atoms. The number of unbranched alkanes of at least 4 members (excludes halogenated alkanes) is 1. The lowest BCUT2D eigenvalue weighted by Gasteiger charge is -2.35. The zero-order valence-electron chi connectivity index (χ0n) is 20.9. The SMILES string of the molecule is CCCCC(=O)N1CCN(c2ccc(-c3ccc(N4C[C@@H](N(C)C(C)=O)OC4=O)cc3F)cn2)CC1. The normalized spacial score (nSPS) is 17.8. The highest BCUT2D eigenvalue weighted by Gasteiger charge is 2.36. The number of pyridine rings is 1. The monoisotopic (exact) mass is 497 g/mol. The lowest BCUT2D eigenvalue weighted by Crippen LogP contribution is -2.49. The number of carbonyl (C=O) groups excluding carboxylic acids is 3. The molecule has 0 aliphatic carbocycles. The number of likely N-dealkylation sites (N-methyl/N-ethyl adjacent to an activating group) is 1. The predicted molar refractivity (Wildman–Crippen MR) is 134 cm³/mol. The highest BCUT2D eigenvalue weighted by Crippen LogP contribution is 2.30. The molecule has 0 saturated carbocycles. The largest absolute Gasteiger partial charge is 0.423 e. The number of piperazine rings is 1. The van der Waals surface area contributed by atoms with E-state index in [1.54, 1.807) is 25.4 Å². The lowest BCUT2D eigenvalue weighted by atomic mass is 10.1. The van der Waals surface area contributed by atoms with Crippen molar-refractivity contribution >= 4 is 29.4 Å². The summed E-state index contributed by atoms with van der Waals surface area (Å²) < 4.78 is 20.3. The summed E-state index contributed by atoms with van der Waals surface area (Å²) in [5.74, 6) is 0.283. The topological polar surface area (TPSA) is 86.3 Å². The maximum Gasteiger partial charge on any atom is 0.416 e. The van der Waals surface area contributed by atoms with E-state index in [2.05, 4.69) is 16.8 Å². The zero-order valence-corrected chi connectivity index (χ0v) is 20.9. The van der Waals surface area contributed by atoms with Gasteiger partial charge >= 0.3 is 6.09 Å². The molecule has 10 heteroatoms. The summed E-state index contributed by atoms with van der Waals surface area (Å²) >= 11 is 0. The predicted octanol–water partition coefficient (Wildman–Crippen LogP) is 3.49. The molecular formula is C26H32FN5O4. The number of hydrogen-bond acceptors (Lipinski definition) is 6. The third-order valence-corrected chi connectivity index (χ3v) is 6.75. The number of rotatable bonds is 7. The molecule has 0 radical (unpaired) electrons. The van der Waals surface area contributed by atoms with Gasteiger partial charge in [-0.15, -0.1) is 0 Å². The van der Waals surface area contributed by atoms with Crippen LogP contribution < -0.4 is 9.80 Å². The van der Waals surface area contributed by atoms with Crippen LogP contribution in [0.5, 0.6) is 0 Å². The van der Waals surface area contributed by atoms with Crippen molar-refractivity contribution in [1.82, 2.24) is 14.8 Å². The third-order valence-electron chi connectivity index (χ3n) is 6.75. The van der Waals surface area contributed by atoms with Gasteiger partial charge in [-0.25, -0.2) is 14.2 Å². The molecule has 36 heavy (non-hydrogen) atoms. The molecule has 3 heterocycles. The quantitative estimate of drug-likeness (QED) is 0.582. The number of hydrogen-bond donors (Lipinski definition) is 0. The average Bonchev–Trinajstić information content (AvgIpc) is 3.28. The highest BCUT2D eigenvalue weighted by atomic mass is 19.1. The number of benzene rings is 1. The summed E-state index contributed by atoms with van der Waals surface area (Å²) in [4.78, 5) is 47.3. The van der Waals surface area contributed by atoms with Gasteiger partial charge in [-0.2, -0.15) is 0 Å². The van der Waals surface area contributed by atoms with Gasteiger partial charge in [0.05, 0.1) is 12.2 Å². The van der Waals surface area contributed by atoms with Crippen molar-refractivity contribution in [2.75, 3.05) is 49.6 Å². The Hall–Kier alpha value is -3.69. The molecule has 1 aromatic carbocycles. The summed E-state index contributed by atoms with van der Waals surface area (Å²) in [6, 6.07) is 8.23. The molecule has 3 amide bonds. The minimum atomic E-state index is -0.717. The smallest absolute Gasteiger partial charge is 0.416 e. The second-order valence-corrected chi connectivity index (χ2v) is 9.12. The molecule has 0 unspecified atom stereocenters. The first-order valence-electron chi connectivity index (χ1n) is 12.3. The lowest BCUT2D eigenvalue weighted by molar-refractivity contribution is -0.134. The van der Waals surface area contributed by atoms with Gasteiger partial charge < -0.3 is 19.4 Å². The Kier molecular flexibility index (Phi) is 7.71. The Labute approximate surface area is 210 Å². The van der Waals surface area contributed by atoms with Crippen LogP contribution >= 0.6 is 0 Å². The molecule has 2 aliphatic rings. The summed E-state index contributed by atoms with van der Waals surface area (Å²) in [5, 5.41) is 0. The molecule has 2 saturated heterocycles. The minimum Gasteiger partial charge on any atom is -0.423 e. The standard InChI is InChI=1S/C26H32FN5O4/c1-4-5-6-24(34)31-13-11-30(12-14-31)23-10-7-19(16-28-23)21-9-8-20(15-22(21)27)32-17-25(36-26(32)35)29(3)18(2)33/h7-10,15-16,25H,4-6,11-14,17H2,1-3H3/t25-/m0/s1. The fourth-order valence-corrected chi connectivity index (χ4v) is 4.37. The zero-order chi connectivity index (χ0) is 25.8. The number of cyclic esters (lactones) is 1. The number of halogens is 1. The fourth-order valence-electron chi connectivity index (χ4n) is 4.37. The van der Waals surface area contributed by atoms with Gasteiger partial charge in [0.25, 0.3) is 0 Å². The molecule has 0 N–H and O–H groups in total. The summed E-state index contributed by atoms with van der Waals surface area (Å²) in [5.41, 5.74) is 1.35. The van der Waals surface area contributed by atoms with Crippen LogP contribution in [-0.4, -0.2) is 78.7 Å². The van der Waals surface area contributed by atoms with Gasteiger partial charge in [0.1, 0.15) is 11.6 Å². The van der Waals surface area contributed by atoms with Crippen LogP contribution in [0.1, 0.15) is 33.1 Å². The molecular weight excluding hydrogens is 465 g/mol. The van der Waals surface area contributed by atoms with E-state index in [1.165, 1.54) is 22.8 Å². The van der Waals surface area contributed by atoms with Gasteiger partial charge in [-0.3, -0.25) is 14.5 Å². The van der Waals surface area contributed by atoms with E-state index in [0.29, 0.717) is 49.4 Å². The van der Waals surface area contributed by atoms with Crippen molar-refractivity contribution in [3.63, 3.8) is 0 Å². The summed E-state index contributed by atoms with van der Waals surface area (Å²) in [6.07, 6.45) is 2.82. The van der Waals surface area contributed by atoms with Crippen molar-refractivity contribution in [2.45, 2.75) is 39.3 Å². The molecule has 1 aromatic heterocycles. The third kappa shape index (κ3) is 5.42. The Balaban J connectivity index is 1.40.